The van der Waals surface area contributed by atoms with E-state index in [1.165, 1.54) is 9.87 Å². The van der Waals surface area contributed by atoms with E-state index in [9.17, 15) is 13.2 Å². The highest BCUT2D eigenvalue weighted by Gasteiger charge is 2.34. The minimum absolute atomic E-state index is 0.102. The average Bonchev–Trinajstić information content (AvgIpc) is 2.85. The van der Waals surface area contributed by atoms with Crippen LogP contribution < -0.4 is 4.74 Å². The molecule has 0 radical (unpaired) electrons. The van der Waals surface area contributed by atoms with Crippen molar-refractivity contribution in [2.45, 2.75) is 31.2 Å². The Bertz CT molecular complexity index is 1060. The van der Waals surface area contributed by atoms with Crippen LogP contribution in [0.4, 0.5) is 0 Å². The number of hydrogen-bond acceptors (Lipinski definition) is 5. The minimum Gasteiger partial charge on any atom is -0.496 e. The van der Waals surface area contributed by atoms with Crippen LogP contribution in [0.25, 0.3) is 0 Å². The van der Waals surface area contributed by atoms with E-state index in [1.807, 2.05) is 17.9 Å². The van der Waals surface area contributed by atoms with Crippen LogP contribution in [-0.4, -0.2) is 74.8 Å². The molecule has 0 saturated carbocycles. The summed E-state index contributed by atoms with van der Waals surface area (Å²) in [7, 11) is -2.00. The lowest BCUT2D eigenvalue weighted by molar-refractivity contribution is -0.138. The van der Waals surface area contributed by atoms with Crippen LogP contribution in [0.15, 0.2) is 53.4 Å². The number of rotatable bonds is 6. The van der Waals surface area contributed by atoms with Crippen molar-refractivity contribution in [3.63, 3.8) is 0 Å². The number of sulfonamides is 1. The quantitative estimate of drug-likeness (QED) is 0.648. The molecule has 0 spiro atoms. The maximum absolute atomic E-state index is 13.1. The highest BCUT2D eigenvalue weighted by molar-refractivity contribution is 7.89. The molecule has 2 aliphatic heterocycles. The highest BCUT2D eigenvalue weighted by atomic mass is 32.2. The van der Waals surface area contributed by atoms with Gasteiger partial charge in [0.15, 0.2) is 0 Å². The van der Waals surface area contributed by atoms with E-state index >= 15 is 0 Å². The van der Waals surface area contributed by atoms with Crippen molar-refractivity contribution in [3.05, 3.63) is 59.7 Å². The van der Waals surface area contributed by atoms with Gasteiger partial charge >= 0.3 is 0 Å². The molecule has 2 fully saturated rings. The molecule has 1 amide bonds. The summed E-state index contributed by atoms with van der Waals surface area (Å²) >= 11 is 0. The fourth-order valence-electron chi connectivity index (χ4n) is 4.73. The summed E-state index contributed by atoms with van der Waals surface area (Å²) in [6, 6.07) is 15.3. The molecule has 0 atom stereocenters. The first-order valence-corrected chi connectivity index (χ1v) is 13.0. The molecular weight excluding hydrogens is 438 g/mol. The van der Waals surface area contributed by atoms with Gasteiger partial charge in [0.25, 0.3) is 0 Å². The fourth-order valence-corrected chi connectivity index (χ4v) is 6.29. The van der Waals surface area contributed by atoms with Crippen molar-refractivity contribution in [1.82, 2.24) is 14.1 Å². The van der Waals surface area contributed by atoms with Crippen molar-refractivity contribution in [2.24, 2.45) is 5.92 Å². The zero-order chi connectivity index (χ0) is 23.4. The third kappa shape index (κ3) is 5.39. The molecule has 7 nitrogen and oxygen atoms in total. The Morgan fingerprint density at radius 1 is 0.970 bits per heavy atom. The molecule has 0 bridgehead atoms. The average molecular weight is 472 g/mol. The maximum atomic E-state index is 13.1. The number of hydrogen-bond donors (Lipinski definition) is 0. The molecular formula is C25H33N3O4S. The Kier molecular flexibility index (Phi) is 7.36. The monoisotopic (exact) mass is 471 g/mol. The molecule has 2 aromatic carbocycles. The van der Waals surface area contributed by atoms with Crippen molar-refractivity contribution < 1.29 is 17.9 Å². The molecule has 0 aromatic heterocycles. The number of nitrogens with zero attached hydrogens (tertiary/aromatic N) is 3. The van der Waals surface area contributed by atoms with Crippen molar-refractivity contribution in [1.29, 1.82) is 0 Å². The lowest BCUT2D eigenvalue weighted by atomic mass is 9.96. The van der Waals surface area contributed by atoms with Gasteiger partial charge in [0.1, 0.15) is 5.75 Å². The van der Waals surface area contributed by atoms with Gasteiger partial charge in [0, 0.05) is 51.7 Å². The first-order valence-electron chi connectivity index (χ1n) is 11.6. The van der Waals surface area contributed by atoms with Gasteiger partial charge in [-0.25, -0.2) is 8.42 Å². The molecule has 178 valence electrons. The molecule has 0 aliphatic carbocycles. The molecule has 0 N–H and O–H groups in total. The van der Waals surface area contributed by atoms with Gasteiger partial charge in [0.05, 0.1) is 12.0 Å². The Hall–Kier alpha value is -2.42. The summed E-state index contributed by atoms with van der Waals surface area (Å²) in [6.45, 7) is 6.68. The van der Waals surface area contributed by atoms with Gasteiger partial charge in [-0.1, -0.05) is 30.3 Å². The van der Waals surface area contributed by atoms with Crippen LogP contribution in [0.3, 0.4) is 0 Å². The first-order chi connectivity index (χ1) is 15.9. The summed E-state index contributed by atoms with van der Waals surface area (Å²) in [5.41, 5.74) is 2.08. The molecule has 2 heterocycles. The second-order valence-electron chi connectivity index (χ2n) is 8.90. The third-order valence-electron chi connectivity index (χ3n) is 6.74. The van der Waals surface area contributed by atoms with Crippen molar-refractivity contribution in [2.75, 3.05) is 46.4 Å². The van der Waals surface area contributed by atoms with E-state index < -0.39 is 10.0 Å². The second kappa shape index (κ2) is 10.2. The second-order valence-corrected chi connectivity index (χ2v) is 10.8. The SMILES string of the molecule is COc1ccc(S(=O)(=O)N2CCC(C(=O)N3CCN(Cc4ccccc4)CC3)CC2)cc1C. The fraction of sp³-hybridized carbons (Fsp3) is 0.480. The predicted octanol–water partition coefficient (Wildman–Crippen LogP) is 2.75. The van der Waals surface area contributed by atoms with Crippen LogP contribution in [-0.2, 0) is 21.4 Å². The summed E-state index contributed by atoms with van der Waals surface area (Å²) < 4.78 is 32.9. The van der Waals surface area contributed by atoms with E-state index in [4.69, 9.17) is 4.74 Å². The molecule has 2 aliphatic rings. The van der Waals surface area contributed by atoms with Crippen LogP contribution in [0.2, 0.25) is 0 Å². The number of ether oxygens (including phenoxy) is 1. The summed E-state index contributed by atoms with van der Waals surface area (Å²) in [4.78, 5) is 17.7. The van der Waals surface area contributed by atoms with Gasteiger partial charge in [-0.05, 0) is 49.1 Å². The summed E-state index contributed by atoms with van der Waals surface area (Å²) in [5.74, 6) is 0.739. The van der Waals surface area contributed by atoms with Gasteiger partial charge in [-0.2, -0.15) is 4.31 Å². The summed E-state index contributed by atoms with van der Waals surface area (Å²) in [6.07, 6.45) is 1.13. The lowest BCUT2D eigenvalue weighted by Gasteiger charge is -2.38. The highest BCUT2D eigenvalue weighted by Crippen LogP contribution is 2.28. The first kappa shape index (κ1) is 23.7. The molecule has 2 saturated heterocycles. The number of amides is 1. The zero-order valence-corrected chi connectivity index (χ0v) is 20.3. The topological polar surface area (TPSA) is 70.2 Å². The number of piperidine rings is 1. The molecule has 4 rings (SSSR count). The molecule has 2 aromatic rings. The van der Waals surface area contributed by atoms with Crippen LogP contribution >= 0.6 is 0 Å². The van der Waals surface area contributed by atoms with E-state index in [2.05, 4.69) is 29.2 Å². The van der Waals surface area contributed by atoms with Crippen LogP contribution in [0.5, 0.6) is 5.75 Å². The van der Waals surface area contributed by atoms with E-state index in [1.54, 1.807) is 25.3 Å². The third-order valence-corrected chi connectivity index (χ3v) is 8.63. The smallest absolute Gasteiger partial charge is 0.243 e. The molecule has 8 heteroatoms. The number of piperazine rings is 1. The van der Waals surface area contributed by atoms with Gasteiger partial charge in [-0.15, -0.1) is 0 Å². The van der Waals surface area contributed by atoms with Crippen molar-refractivity contribution in [3.8, 4) is 5.75 Å². The Balaban J connectivity index is 1.29. The van der Waals surface area contributed by atoms with Gasteiger partial charge < -0.3 is 9.64 Å². The zero-order valence-electron chi connectivity index (χ0n) is 19.4. The molecule has 0 unspecified atom stereocenters. The Labute approximate surface area is 197 Å². The van der Waals surface area contributed by atoms with Crippen LogP contribution in [0, 0.1) is 12.8 Å². The minimum atomic E-state index is -3.57. The summed E-state index contributed by atoms with van der Waals surface area (Å²) in [5, 5.41) is 0. The Morgan fingerprint density at radius 2 is 1.64 bits per heavy atom. The normalized spacial score (nSPS) is 18.9. The number of carbonyl (C=O) groups excluding carboxylic acids is 1. The number of aryl methyl sites for hydroxylation is 1. The van der Waals surface area contributed by atoms with E-state index in [0.29, 0.717) is 31.7 Å². The van der Waals surface area contributed by atoms with Gasteiger partial charge in [-0.3, -0.25) is 9.69 Å². The number of methoxy groups -OCH3 is 1. The standard InChI is InChI=1S/C25H33N3O4S/c1-20-18-23(8-9-24(20)32-2)33(30,31)28-12-10-22(11-13-28)25(29)27-16-14-26(15-17-27)19-21-6-4-3-5-7-21/h3-9,18,22H,10-17,19H2,1-2H3. The van der Waals surface area contributed by atoms with Gasteiger partial charge in [0.2, 0.25) is 15.9 Å². The predicted molar refractivity (Wildman–Crippen MR) is 128 cm³/mol. The lowest BCUT2D eigenvalue weighted by Crippen LogP contribution is -2.51. The van der Waals surface area contributed by atoms with E-state index in [-0.39, 0.29) is 16.7 Å². The largest absolute Gasteiger partial charge is 0.496 e. The molecule has 33 heavy (non-hydrogen) atoms. The van der Waals surface area contributed by atoms with Crippen LogP contribution in [0.1, 0.15) is 24.0 Å². The number of benzene rings is 2. The number of carbonyl (C=O) groups is 1. The maximum Gasteiger partial charge on any atom is 0.243 e. The van der Waals surface area contributed by atoms with E-state index in [0.717, 1.165) is 38.3 Å². The van der Waals surface area contributed by atoms with Crippen molar-refractivity contribution >= 4 is 15.9 Å². The Morgan fingerprint density at radius 3 is 2.24 bits per heavy atom.